The molecular weight excluding hydrogens is 426 g/mol. The van der Waals surface area contributed by atoms with Gasteiger partial charge in [0.1, 0.15) is 22.4 Å². The molecule has 1 saturated heterocycles. The molecule has 1 heterocycles. The van der Waals surface area contributed by atoms with Crippen LogP contribution in [-0.2, 0) is 17.9 Å². The van der Waals surface area contributed by atoms with Crippen LogP contribution in [0.4, 0.5) is 0 Å². The van der Waals surface area contributed by atoms with Crippen molar-refractivity contribution in [1.29, 1.82) is 0 Å². The average Bonchev–Trinajstić information content (AvgIpc) is 3.07. The van der Waals surface area contributed by atoms with Crippen LogP contribution >= 0.6 is 24.0 Å². The van der Waals surface area contributed by atoms with E-state index < -0.39 is 0 Å². The maximum atomic E-state index is 13.0. The van der Waals surface area contributed by atoms with Crippen molar-refractivity contribution in [3.8, 4) is 11.5 Å². The molecule has 4 nitrogen and oxygen atoms in total. The zero-order chi connectivity index (χ0) is 21.6. The molecule has 31 heavy (non-hydrogen) atoms. The van der Waals surface area contributed by atoms with E-state index in [0.29, 0.717) is 22.4 Å². The summed E-state index contributed by atoms with van der Waals surface area (Å²) in [5.41, 5.74) is 2.93. The van der Waals surface area contributed by atoms with Crippen molar-refractivity contribution in [2.75, 3.05) is 7.11 Å². The average molecular weight is 448 g/mol. The summed E-state index contributed by atoms with van der Waals surface area (Å²) in [6, 6.07) is 25.3. The Kier molecular flexibility index (Phi) is 6.70. The van der Waals surface area contributed by atoms with E-state index >= 15 is 0 Å². The molecule has 0 bridgehead atoms. The number of rotatable bonds is 7. The maximum Gasteiger partial charge on any atom is 0.266 e. The molecule has 1 aliphatic rings. The van der Waals surface area contributed by atoms with E-state index in [0.717, 1.165) is 28.2 Å². The predicted octanol–water partition coefficient (Wildman–Crippen LogP) is 5.68. The Balaban J connectivity index is 1.50. The number of para-hydroxylation sites is 1. The highest BCUT2D eigenvalue weighted by Crippen LogP contribution is 2.35. The van der Waals surface area contributed by atoms with Gasteiger partial charge in [-0.2, -0.15) is 0 Å². The van der Waals surface area contributed by atoms with Crippen LogP contribution in [0.1, 0.15) is 16.7 Å². The highest BCUT2D eigenvalue weighted by Gasteiger charge is 2.32. The van der Waals surface area contributed by atoms with Gasteiger partial charge >= 0.3 is 0 Å². The van der Waals surface area contributed by atoms with Gasteiger partial charge in [0.05, 0.1) is 18.6 Å². The van der Waals surface area contributed by atoms with Crippen molar-refractivity contribution >= 4 is 40.3 Å². The van der Waals surface area contributed by atoms with Gasteiger partial charge in [0.25, 0.3) is 5.91 Å². The molecule has 6 heteroatoms. The number of carbonyl (C=O) groups is 1. The molecule has 1 fully saturated rings. The molecule has 0 saturated carbocycles. The summed E-state index contributed by atoms with van der Waals surface area (Å²) in [4.78, 5) is 15.2. The third kappa shape index (κ3) is 5.16. The van der Waals surface area contributed by atoms with Gasteiger partial charge in [-0.1, -0.05) is 84.6 Å². The Labute approximate surface area is 191 Å². The van der Waals surface area contributed by atoms with E-state index in [1.165, 1.54) is 11.8 Å². The lowest BCUT2D eigenvalue weighted by atomic mass is 10.1. The zero-order valence-corrected chi connectivity index (χ0v) is 18.6. The Morgan fingerprint density at radius 1 is 0.935 bits per heavy atom. The van der Waals surface area contributed by atoms with Gasteiger partial charge in [0.15, 0.2) is 0 Å². The molecule has 0 spiro atoms. The topological polar surface area (TPSA) is 38.8 Å². The van der Waals surface area contributed by atoms with Crippen molar-refractivity contribution in [1.82, 2.24) is 4.90 Å². The van der Waals surface area contributed by atoms with Gasteiger partial charge in [-0.05, 0) is 35.4 Å². The molecule has 0 N–H and O–H groups in total. The monoisotopic (exact) mass is 447 g/mol. The van der Waals surface area contributed by atoms with Gasteiger partial charge in [-0.25, -0.2) is 0 Å². The van der Waals surface area contributed by atoms with E-state index in [-0.39, 0.29) is 5.91 Å². The van der Waals surface area contributed by atoms with Gasteiger partial charge in [0.2, 0.25) is 0 Å². The zero-order valence-electron chi connectivity index (χ0n) is 17.0. The second kappa shape index (κ2) is 9.81. The predicted molar refractivity (Wildman–Crippen MR) is 129 cm³/mol. The molecule has 1 aliphatic heterocycles. The van der Waals surface area contributed by atoms with Gasteiger partial charge in [-0.3, -0.25) is 9.69 Å². The summed E-state index contributed by atoms with van der Waals surface area (Å²) in [5.74, 6) is 1.41. The van der Waals surface area contributed by atoms with Crippen LogP contribution in [-0.4, -0.2) is 22.2 Å². The third-order valence-corrected chi connectivity index (χ3v) is 6.19. The second-order valence-electron chi connectivity index (χ2n) is 6.93. The van der Waals surface area contributed by atoms with Crippen LogP contribution < -0.4 is 9.47 Å². The number of ether oxygens (including phenoxy) is 2. The Bertz CT molecular complexity index is 1110. The first kappa shape index (κ1) is 21.2. The van der Waals surface area contributed by atoms with Crippen LogP contribution in [0.25, 0.3) is 6.08 Å². The molecule has 3 aromatic rings. The van der Waals surface area contributed by atoms with Crippen molar-refractivity contribution in [2.24, 2.45) is 0 Å². The fourth-order valence-electron chi connectivity index (χ4n) is 3.16. The minimum Gasteiger partial charge on any atom is -0.497 e. The van der Waals surface area contributed by atoms with Gasteiger partial charge < -0.3 is 9.47 Å². The third-order valence-electron chi connectivity index (χ3n) is 4.82. The normalized spacial score (nSPS) is 14.9. The number of thiocarbonyl (C=S) groups is 1. The highest BCUT2D eigenvalue weighted by molar-refractivity contribution is 8.26. The lowest BCUT2D eigenvalue weighted by Gasteiger charge is -2.14. The Morgan fingerprint density at radius 3 is 2.39 bits per heavy atom. The van der Waals surface area contributed by atoms with Crippen molar-refractivity contribution < 1.29 is 14.3 Å². The number of benzene rings is 3. The van der Waals surface area contributed by atoms with E-state index in [4.69, 9.17) is 21.7 Å². The number of amides is 1. The summed E-state index contributed by atoms with van der Waals surface area (Å²) >= 11 is 6.79. The number of methoxy groups -OCH3 is 1. The Hall–Kier alpha value is -3.09. The van der Waals surface area contributed by atoms with Gasteiger partial charge in [0, 0.05) is 5.56 Å². The van der Waals surface area contributed by atoms with Crippen LogP contribution in [0.2, 0.25) is 0 Å². The first-order chi connectivity index (χ1) is 15.1. The lowest BCUT2D eigenvalue weighted by Crippen LogP contribution is -2.27. The molecule has 4 rings (SSSR count). The molecule has 0 aromatic heterocycles. The standard InChI is InChI=1S/C25H21NO3S2/c1-28-21-13-11-18(12-14-21)16-26-24(27)23(31-25(26)30)15-20-9-5-6-10-22(20)29-17-19-7-3-2-4-8-19/h2-15H,16-17H2,1H3. The number of thioether (sulfide) groups is 1. The van der Waals surface area contributed by atoms with Crippen molar-refractivity contribution in [2.45, 2.75) is 13.2 Å². The fourth-order valence-corrected chi connectivity index (χ4v) is 4.40. The van der Waals surface area contributed by atoms with Crippen LogP contribution in [0, 0.1) is 0 Å². The van der Waals surface area contributed by atoms with E-state index in [1.807, 2.05) is 84.9 Å². The van der Waals surface area contributed by atoms with Crippen LogP contribution in [0.15, 0.2) is 83.8 Å². The van der Waals surface area contributed by atoms with Crippen LogP contribution in [0.5, 0.6) is 11.5 Å². The number of hydrogen-bond acceptors (Lipinski definition) is 5. The quantitative estimate of drug-likeness (QED) is 0.344. The first-order valence-corrected chi connectivity index (χ1v) is 11.0. The fraction of sp³-hybridized carbons (Fsp3) is 0.120. The second-order valence-corrected chi connectivity index (χ2v) is 8.60. The van der Waals surface area contributed by atoms with Crippen molar-refractivity contribution in [3.63, 3.8) is 0 Å². The van der Waals surface area contributed by atoms with Crippen LogP contribution in [0.3, 0.4) is 0 Å². The molecule has 156 valence electrons. The largest absolute Gasteiger partial charge is 0.497 e. The Morgan fingerprint density at radius 2 is 1.65 bits per heavy atom. The number of hydrogen-bond donors (Lipinski definition) is 0. The maximum absolute atomic E-state index is 13.0. The first-order valence-electron chi connectivity index (χ1n) is 9.78. The molecule has 0 atom stereocenters. The summed E-state index contributed by atoms with van der Waals surface area (Å²) < 4.78 is 11.8. The molecule has 0 radical (unpaired) electrons. The highest BCUT2D eigenvalue weighted by atomic mass is 32.2. The number of nitrogens with zero attached hydrogens (tertiary/aromatic N) is 1. The summed E-state index contributed by atoms with van der Waals surface area (Å²) in [6.45, 7) is 0.891. The SMILES string of the molecule is COc1ccc(CN2C(=O)C(=Cc3ccccc3OCc3ccccc3)SC2=S)cc1. The van der Waals surface area contributed by atoms with E-state index in [2.05, 4.69) is 0 Å². The molecule has 0 aliphatic carbocycles. The number of carbonyl (C=O) groups excluding carboxylic acids is 1. The minimum absolute atomic E-state index is 0.0938. The molecular formula is C25H21NO3S2. The summed E-state index contributed by atoms with van der Waals surface area (Å²) in [5, 5.41) is 0. The summed E-state index contributed by atoms with van der Waals surface area (Å²) in [7, 11) is 1.63. The van der Waals surface area contributed by atoms with Crippen molar-refractivity contribution in [3.05, 3.63) is 100 Å². The molecule has 3 aromatic carbocycles. The molecule has 0 unspecified atom stereocenters. The molecule has 1 amide bonds. The smallest absolute Gasteiger partial charge is 0.266 e. The minimum atomic E-state index is -0.0938. The van der Waals surface area contributed by atoms with E-state index in [1.54, 1.807) is 12.0 Å². The van der Waals surface area contributed by atoms with Gasteiger partial charge in [-0.15, -0.1) is 0 Å². The summed E-state index contributed by atoms with van der Waals surface area (Å²) in [6.07, 6.45) is 1.85. The lowest BCUT2D eigenvalue weighted by molar-refractivity contribution is -0.122. The van der Waals surface area contributed by atoms with E-state index in [9.17, 15) is 4.79 Å².